The second kappa shape index (κ2) is 7.40. The van der Waals surface area contributed by atoms with Crippen LogP contribution in [0.15, 0.2) is 40.5 Å². The van der Waals surface area contributed by atoms with Gasteiger partial charge in [0.1, 0.15) is 35.1 Å². The molecule has 0 spiro atoms. The first kappa shape index (κ1) is 19.8. The maximum Gasteiger partial charge on any atom is 0.338 e. The molecular formula is C16H22O8S. The van der Waals surface area contributed by atoms with E-state index in [1.165, 1.54) is 26.0 Å². The molecule has 0 amide bonds. The monoisotopic (exact) mass is 374 g/mol. The lowest BCUT2D eigenvalue weighted by Gasteiger charge is -2.24. The molecule has 140 valence electrons. The van der Waals surface area contributed by atoms with E-state index in [4.69, 9.17) is 8.92 Å². The number of rotatable bonds is 5. The Morgan fingerprint density at radius 1 is 1.12 bits per heavy atom. The average Bonchev–Trinajstić information content (AvgIpc) is 2.80. The topological polar surface area (TPSA) is 134 Å². The quantitative estimate of drug-likeness (QED) is 0.411. The number of allylic oxidation sites excluding steroid dienone is 1. The Hall–Kier alpha value is -1.49. The maximum absolute atomic E-state index is 12.4. The Kier molecular flexibility index (Phi) is 5.87. The van der Waals surface area contributed by atoms with Gasteiger partial charge in [0.2, 0.25) is 0 Å². The second-order valence-electron chi connectivity index (χ2n) is 6.13. The third-order valence-corrected chi connectivity index (χ3v) is 5.11. The first-order chi connectivity index (χ1) is 11.5. The number of hydrogen-bond acceptors (Lipinski definition) is 8. The van der Waals surface area contributed by atoms with Gasteiger partial charge in [-0.15, -0.1) is 0 Å². The summed E-state index contributed by atoms with van der Waals surface area (Å²) in [7, 11) is -4.22. The van der Waals surface area contributed by atoms with Crippen LogP contribution in [0.25, 0.3) is 0 Å². The first-order valence-corrected chi connectivity index (χ1v) is 9.01. The highest BCUT2D eigenvalue weighted by Crippen LogP contribution is 2.29. The van der Waals surface area contributed by atoms with Crippen LogP contribution in [0.3, 0.4) is 0 Å². The van der Waals surface area contributed by atoms with Crippen molar-refractivity contribution in [3.63, 3.8) is 0 Å². The normalized spacial score (nSPS) is 27.8. The molecule has 1 aromatic rings. The lowest BCUT2D eigenvalue weighted by molar-refractivity contribution is -0.144. The van der Waals surface area contributed by atoms with Crippen LogP contribution in [0.1, 0.15) is 19.4 Å². The van der Waals surface area contributed by atoms with Crippen LogP contribution in [0.5, 0.6) is 0 Å². The Balaban J connectivity index is 2.27. The molecule has 1 fully saturated rings. The molecule has 0 aromatic heterocycles. The fourth-order valence-corrected chi connectivity index (χ4v) is 3.46. The van der Waals surface area contributed by atoms with Gasteiger partial charge in [0, 0.05) is 0 Å². The molecule has 1 aliphatic heterocycles. The van der Waals surface area contributed by atoms with Crippen molar-refractivity contribution in [1.82, 2.24) is 0 Å². The lowest BCUT2D eigenvalue weighted by Crippen LogP contribution is -2.40. The van der Waals surface area contributed by atoms with Gasteiger partial charge >= 0.3 is 10.1 Å². The minimum Gasteiger partial charge on any atom is -0.387 e. The maximum atomic E-state index is 12.4. The summed E-state index contributed by atoms with van der Waals surface area (Å²) in [5.74, 6) is -0.342. The molecule has 1 unspecified atom stereocenters. The van der Waals surface area contributed by atoms with Gasteiger partial charge in [-0.3, -0.25) is 0 Å². The van der Waals surface area contributed by atoms with Crippen LogP contribution in [0, 0.1) is 6.92 Å². The molecule has 2 rings (SSSR count). The van der Waals surface area contributed by atoms with E-state index in [0.717, 1.165) is 5.56 Å². The van der Waals surface area contributed by atoms with E-state index in [-0.39, 0.29) is 10.7 Å². The lowest BCUT2D eigenvalue weighted by atomic mass is 10.0. The molecular weight excluding hydrogens is 352 g/mol. The van der Waals surface area contributed by atoms with Gasteiger partial charge in [-0.2, -0.15) is 8.42 Å². The van der Waals surface area contributed by atoms with Crippen LogP contribution < -0.4 is 0 Å². The Bertz CT molecular complexity index is 736. The summed E-state index contributed by atoms with van der Waals surface area (Å²) in [6, 6.07) is 5.94. The van der Waals surface area contributed by atoms with Crippen LogP contribution in [-0.2, 0) is 19.0 Å². The summed E-state index contributed by atoms with van der Waals surface area (Å²) in [5.41, 5.74) is 1.20. The Labute approximate surface area is 146 Å². The SMILES string of the molecule is CC(C)=C(OS(=O)(=O)c1ccc(C)cc1)C(O)[C@H]1O[C@H](O)[C@H](O)[C@H]1O. The summed E-state index contributed by atoms with van der Waals surface area (Å²) in [6.45, 7) is 4.83. The first-order valence-electron chi connectivity index (χ1n) is 7.61. The predicted octanol–water partition coefficient (Wildman–Crippen LogP) is -0.206. The number of benzene rings is 1. The molecule has 1 aromatic carbocycles. The minimum absolute atomic E-state index is 0.1000. The zero-order valence-corrected chi connectivity index (χ0v) is 14.8. The van der Waals surface area contributed by atoms with Gasteiger partial charge in [-0.05, 0) is 38.5 Å². The van der Waals surface area contributed by atoms with Gasteiger partial charge < -0.3 is 29.3 Å². The largest absolute Gasteiger partial charge is 0.387 e. The van der Waals surface area contributed by atoms with Gasteiger partial charge in [0.05, 0.1) is 0 Å². The molecule has 1 aliphatic rings. The smallest absolute Gasteiger partial charge is 0.338 e. The molecule has 0 bridgehead atoms. The zero-order chi connectivity index (χ0) is 18.9. The highest BCUT2D eigenvalue weighted by Gasteiger charge is 2.47. The molecule has 0 saturated carbocycles. The highest BCUT2D eigenvalue weighted by molar-refractivity contribution is 7.86. The van der Waals surface area contributed by atoms with Crippen molar-refractivity contribution in [3.8, 4) is 0 Å². The standard InChI is InChI=1S/C16H22O8S/c1-8(2)14(13(19)15-11(17)12(18)16(20)23-15)24-25(21,22)10-6-4-9(3)5-7-10/h4-7,11-13,15-20H,1-3H3/t11-,12-,13?,15+,16+/m1/s1. The molecule has 1 heterocycles. The number of ether oxygens (including phenoxy) is 1. The van der Waals surface area contributed by atoms with Crippen LogP contribution in [0.2, 0.25) is 0 Å². The van der Waals surface area contributed by atoms with Crippen molar-refractivity contribution in [1.29, 1.82) is 0 Å². The van der Waals surface area contributed by atoms with E-state index in [9.17, 15) is 28.8 Å². The summed E-state index contributed by atoms with van der Waals surface area (Å²) in [5, 5.41) is 39.2. The van der Waals surface area contributed by atoms with E-state index in [1.54, 1.807) is 19.1 Å². The summed E-state index contributed by atoms with van der Waals surface area (Å²) < 4.78 is 34.8. The van der Waals surface area contributed by atoms with Crippen molar-refractivity contribution in [2.75, 3.05) is 0 Å². The second-order valence-corrected chi connectivity index (χ2v) is 7.68. The molecule has 5 atom stereocenters. The van der Waals surface area contributed by atoms with Crippen molar-refractivity contribution in [3.05, 3.63) is 41.2 Å². The third kappa shape index (κ3) is 4.20. The molecule has 4 N–H and O–H groups in total. The molecule has 9 heteroatoms. The molecule has 8 nitrogen and oxygen atoms in total. The number of aliphatic hydroxyl groups excluding tert-OH is 4. The van der Waals surface area contributed by atoms with Gasteiger partial charge in [-0.1, -0.05) is 17.7 Å². The fraction of sp³-hybridized carbons (Fsp3) is 0.500. The Morgan fingerprint density at radius 2 is 1.68 bits per heavy atom. The van der Waals surface area contributed by atoms with Crippen LogP contribution in [0.4, 0.5) is 0 Å². The third-order valence-electron chi connectivity index (χ3n) is 3.86. The van der Waals surface area contributed by atoms with E-state index in [2.05, 4.69) is 0 Å². The van der Waals surface area contributed by atoms with E-state index >= 15 is 0 Å². The van der Waals surface area contributed by atoms with E-state index in [0.29, 0.717) is 5.57 Å². The fourth-order valence-electron chi connectivity index (χ4n) is 2.40. The average molecular weight is 374 g/mol. The summed E-state index contributed by atoms with van der Waals surface area (Å²) in [4.78, 5) is -0.1000. The van der Waals surface area contributed by atoms with Crippen LogP contribution >= 0.6 is 0 Å². The van der Waals surface area contributed by atoms with Gasteiger partial charge in [0.15, 0.2) is 6.29 Å². The molecule has 1 saturated heterocycles. The van der Waals surface area contributed by atoms with Crippen LogP contribution in [-0.4, -0.2) is 59.5 Å². The summed E-state index contributed by atoms with van der Waals surface area (Å²) >= 11 is 0. The number of aryl methyl sites for hydroxylation is 1. The zero-order valence-electron chi connectivity index (χ0n) is 14.0. The molecule has 0 aliphatic carbocycles. The minimum atomic E-state index is -4.22. The van der Waals surface area contributed by atoms with Crippen molar-refractivity contribution in [2.24, 2.45) is 0 Å². The summed E-state index contributed by atoms with van der Waals surface area (Å²) in [6.07, 6.45) is -8.06. The highest BCUT2D eigenvalue weighted by atomic mass is 32.2. The van der Waals surface area contributed by atoms with Gasteiger partial charge in [-0.25, -0.2) is 0 Å². The van der Waals surface area contributed by atoms with E-state index < -0.39 is 40.8 Å². The van der Waals surface area contributed by atoms with Crippen molar-refractivity contribution < 1.29 is 37.8 Å². The van der Waals surface area contributed by atoms with Gasteiger partial charge in [0.25, 0.3) is 0 Å². The number of aliphatic hydroxyl groups is 4. The van der Waals surface area contributed by atoms with Crippen molar-refractivity contribution >= 4 is 10.1 Å². The van der Waals surface area contributed by atoms with E-state index in [1.807, 2.05) is 0 Å². The predicted molar refractivity (Wildman–Crippen MR) is 86.7 cm³/mol. The molecule has 25 heavy (non-hydrogen) atoms. The molecule has 0 radical (unpaired) electrons. The van der Waals surface area contributed by atoms with Crippen molar-refractivity contribution in [2.45, 2.75) is 56.4 Å². The number of hydrogen-bond donors (Lipinski definition) is 4. The Morgan fingerprint density at radius 3 is 2.12 bits per heavy atom.